The summed E-state index contributed by atoms with van der Waals surface area (Å²) in [5, 5.41) is 7.87. The van der Waals surface area contributed by atoms with E-state index in [1.807, 2.05) is 30.5 Å². The average Bonchev–Trinajstić information content (AvgIpc) is 2.98. The zero-order valence-electron chi connectivity index (χ0n) is 19.3. The first kappa shape index (κ1) is 24.5. The second-order valence-corrected chi connectivity index (χ2v) is 10.0. The van der Waals surface area contributed by atoms with Crippen molar-refractivity contribution in [3.8, 4) is 5.75 Å². The SMILES string of the molecule is CC1(C)C(=O)N(C2=CCC(=N)C(Cl)C2)C(=O)N1CCCOc1ccc(C2=CC=NCC2)cc1Cl. The molecule has 7 nitrogen and oxygen atoms in total. The van der Waals surface area contributed by atoms with Gasteiger partial charge in [0.05, 0.1) is 17.0 Å². The molecule has 1 fully saturated rings. The van der Waals surface area contributed by atoms with E-state index < -0.39 is 10.9 Å². The smallest absolute Gasteiger partial charge is 0.332 e. The van der Waals surface area contributed by atoms with Gasteiger partial charge in [0.15, 0.2) is 0 Å². The van der Waals surface area contributed by atoms with E-state index in [0.29, 0.717) is 54.6 Å². The number of rotatable bonds is 7. The van der Waals surface area contributed by atoms with Crippen LogP contribution in [-0.4, -0.2) is 64.3 Å². The second-order valence-electron chi connectivity index (χ2n) is 9.07. The van der Waals surface area contributed by atoms with Crippen LogP contribution in [0.25, 0.3) is 5.57 Å². The number of allylic oxidation sites excluding steroid dienone is 3. The molecule has 0 radical (unpaired) electrons. The Morgan fingerprint density at radius 1 is 1.29 bits per heavy atom. The molecule has 2 aliphatic heterocycles. The second kappa shape index (κ2) is 9.92. The first-order valence-corrected chi connectivity index (χ1v) is 12.2. The van der Waals surface area contributed by atoms with Crippen LogP contribution in [0.3, 0.4) is 0 Å². The summed E-state index contributed by atoms with van der Waals surface area (Å²) < 4.78 is 5.87. The number of dihydropyridines is 1. The molecule has 1 aliphatic carbocycles. The number of ether oxygens (including phenoxy) is 1. The molecular weight excluding hydrogens is 475 g/mol. The molecule has 1 unspecified atom stereocenters. The Bertz CT molecular complexity index is 1110. The van der Waals surface area contributed by atoms with Gasteiger partial charge in [0.2, 0.25) is 0 Å². The summed E-state index contributed by atoms with van der Waals surface area (Å²) in [7, 11) is 0. The van der Waals surface area contributed by atoms with Gasteiger partial charge in [-0.3, -0.25) is 9.79 Å². The van der Waals surface area contributed by atoms with Crippen molar-refractivity contribution in [3.05, 3.63) is 46.6 Å². The third-order valence-electron chi connectivity index (χ3n) is 6.41. The van der Waals surface area contributed by atoms with Crippen molar-refractivity contribution in [1.82, 2.24) is 9.80 Å². The molecule has 1 aromatic rings. The molecule has 2 heterocycles. The number of nitrogens with one attached hydrogen (secondary N) is 1. The molecule has 9 heteroatoms. The molecule has 1 saturated heterocycles. The summed E-state index contributed by atoms with van der Waals surface area (Å²) in [4.78, 5) is 33.2. The van der Waals surface area contributed by atoms with Gasteiger partial charge >= 0.3 is 6.03 Å². The maximum Gasteiger partial charge on any atom is 0.332 e. The van der Waals surface area contributed by atoms with Crippen LogP contribution in [-0.2, 0) is 4.79 Å². The zero-order valence-corrected chi connectivity index (χ0v) is 20.8. The first-order chi connectivity index (χ1) is 16.2. The lowest BCUT2D eigenvalue weighted by molar-refractivity contribution is -0.130. The summed E-state index contributed by atoms with van der Waals surface area (Å²) in [6.45, 7) is 4.99. The molecule has 180 valence electrons. The number of hydrogen-bond donors (Lipinski definition) is 1. The van der Waals surface area contributed by atoms with Crippen LogP contribution in [0.15, 0.2) is 41.0 Å². The number of benzene rings is 1. The highest BCUT2D eigenvalue weighted by Gasteiger charge is 2.52. The Labute approximate surface area is 209 Å². The summed E-state index contributed by atoms with van der Waals surface area (Å²) >= 11 is 12.6. The molecular formula is C25H28Cl2N4O3. The Hall–Kier alpha value is -2.64. The predicted molar refractivity (Wildman–Crippen MR) is 135 cm³/mol. The lowest BCUT2D eigenvalue weighted by Gasteiger charge is -2.27. The van der Waals surface area contributed by atoms with E-state index in [0.717, 1.165) is 18.5 Å². The minimum atomic E-state index is -0.971. The molecule has 0 bridgehead atoms. The lowest BCUT2D eigenvalue weighted by Crippen LogP contribution is -2.44. The predicted octanol–water partition coefficient (Wildman–Crippen LogP) is 5.31. The largest absolute Gasteiger partial charge is 0.492 e. The van der Waals surface area contributed by atoms with Gasteiger partial charge in [-0.25, -0.2) is 9.69 Å². The van der Waals surface area contributed by atoms with E-state index in [1.54, 1.807) is 24.8 Å². The number of carbonyl (C=O) groups is 2. The molecule has 1 N–H and O–H groups in total. The van der Waals surface area contributed by atoms with Crippen LogP contribution < -0.4 is 4.74 Å². The Balaban J connectivity index is 1.36. The van der Waals surface area contributed by atoms with Crippen molar-refractivity contribution in [1.29, 1.82) is 5.41 Å². The average molecular weight is 503 g/mol. The molecule has 3 amide bonds. The highest BCUT2D eigenvalue weighted by atomic mass is 35.5. The van der Waals surface area contributed by atoms with E-state index in [9.17, 15) is 9.59 Å². The summed E-state index contributed by atoms with van der Waals surface area (Å²) in [6, 6.07) is 5.38. The van der Waals surface area contributed by atoms with Crippen LogP contribution >= 0.6 is 23.2 Å². The van der Waals surface area contributed by atoms with Gasteiger partial charge in [0.1, 0.15) is 11.3 Å². The van der Waals surface area contributed by atoms with Crippen molar-refractivity contribution in [2.24, 2.45) is 4.99 Å². The number of urea groups is 1. The fourth-order valence-electron chi connectivity index (χ4n) is 4.34. The monoisotopic (exact) mass is 502 g/mol. The van der Waals surface area contributed by atoms with Gasteiger partial charge < -0.3 is 15.0 Å². The van der Waals surface area contributed by atoms with Gasteiger partial charge in [0, 0.05) is 43.6 Å². The minimum Gasteiger partial charge on any atom is -0.492 e. The standard InChI is InChI=1S/C25H28Cl2N4O3/c1-25(2)23(32)31(18-5-6-21(28)19(26)15-18)24(33)30(25)12-3-13-34-22-7-4-17(14-20(22)27)16-8-10-29-11-9-16/h4-5,7-8,10,14,19,28H,3,6,9,11-13,15H2,1-2H3. The zero-order chi connectivity index (χ0) is 24.5. The first-order valence-electron chi connectivity index (χ1n) is 11.4. The van der Waals surface area contributed by atoms with E-state index in [2.05, 4.69) is 4.99 Å². The van der Waals surface area contributed by atoms with Gasteiger partial charge in [-0.2, -0.15) is 0 Å². The highest BCUT2D eigenvalue weighted by molar-refractivity contribution is 6.32. The Kier molecular flexibility index (Phi) is 7.14. The molecule has 1 atom stereocenters. The van der Waals surface area contributed by atoms with Crippen molar-refractivity contribution in [3.63, 3.8) is 0 Å². The molecule has 0 aromatic heterocycles. The number of nitrogens with zero attached hydrogens (tertiary/aromatic N) is 3. The lowest BCUT2D eigenvalue weighted by atomic mass is 9.99. The number of halogens is 2. The molecule has 4 rings (SSSR count). The molecule has 34 heavy (non-hydrogen) atoms. The van der Waals surface area contributed by atoms with Gasteiger partial charge in [0.25, 0.3) is 5.91 Å². The number of aliphatic imine (C=N–C) groups is 1. The van der Waals surface area contributed by atoms with Crippen molar-refractivity contribution < 1.29 is 14.3 Å². The van der Waals surface area contributed by atoms with E-state index in [-0.39, 0.29) is 11.9 Å². The van der Waals surface area contributed by atoms with Crippen LogP contribution in [0.4, 0.5) is 4.79 Å². The molecule has 1 aromatic carbocycles. The maximum atomic E-state index is 13.1. The molecule has 3 aliphatic rings. The van der Waals surface area contributed by atoms with Gasteiger partial charge in [-0.1, -0.05) is 23.7 Å². The third-order valence-corrected chi connectivity index (χ3v) is 7.13. The number of amides is 3. The topological polar surface area (TPSA) is 86.1 Å². The number of alkyl halides is 1. The van der Waals surface area contributed by atoms with Crippen LogP contribution in [0, 0.1) is 5.41 Å². The summed E-state index contributed by atoms with van der Waals surface area (Å²) in [5.41, 5.74) is 2.25. The van der Waals surface area contributed by atoms with Gasteiger partial charge in [-0.15, -0.1) is 11.6 Å². The fourth-order valence-corrected chi connectivity index (χ4v) is 4.82. The fraction of sp³-hybridized carbons (Fsp3) is 0.440. The normalized spacial score (nSPS) is 22.2. The van der Waals surface area contributed by atoms with E-state index in [4.69, 9.17) is 33.3 Å². The minimum absolute atomic E-state index is 0.275. The van der Waals surface area contributed by atoms with Crippen molar-refractivity contribution in [2.75, 3.05) is 19.7 Å². The molecule has 0 spiro atoms. The quantitative estimate of drug-likeness (QED) is 0.311. The van der Waals surface area contributed by atoms with Gasteiger partial charge in [-0.05, 0) is 56.0 Å². The van der Waals surface area contributed by atoms with Crippen LogP contribution in [0.5, 0.6) is 5.75 Å². The molecule has 0 saturated carbocycles. The summed E-state index contributed by atoms with van der Waals surface area (Å²) in [5.74, 6) is 0.311. The van der Waals surface area contributed by atoms with Crippen molar-refractivity contribution in [2.45, 2.75) is 50.4 Å². The van der Waals surface area contributed by atoms with Crippen molar-refractivity contribution >= 4 is 52.6 Å². The maximum absolute atomic E-state index is 13.1. The highest BCUT2D eigenvalue weighted by Crippen LogP contribution is 2.35. The van der Waals surface area contributed by atoms with Crippen LogP contribution in [0.2, 0.25) is 5.02 Å². The Morgan fingerprint density at radius 2 is 2.09 bits per heavy atom. The number of hydrogen-bond acceptors (Lipinski definition) is 5. The van der Waals surface area contributed by atoms with E-state index >= 15 is 0 Å². The summed E-state index contributed by atoms with van der Waals surface area (Å²) in [6.07, 6.45) is 7.62. The number of imide groups is 1. The van der Waals surface area contributed by atoms with E-state index in [1.165, 1.54) is 10.5 Å². The Morgan fingerprint density at radius 3 is 2.76 bits per heavy atom. The number of carbonyl (C=O) groups excluding carboxylic acids is 2. The third kappa shape index (κ3) is 4.77. The van der Waals surface area contributed by atoms with Crippen LogP contribution in [0.1, 0.15) is 45.1 Å².